The minimum absolute atomic E-state index is 0.114. The number of morpholine rings is 1. The molecule has 0 radical (unpaired) electrons. The largest absolute Gasteiger partial charge is 0.470 e. The van der Waals surface area contributed by atoms with Crippen molar-refractivity contribution >= 4 is 86.4 Å². The Morgan fingerprint density at radius 1 is 0.742 bits per heavy atom. The third kappa shape index (κ3) is 18.8. The van der Waals surface area contributed by atoms with Crippen LogP contribution in [-0.4, -0.2) is 156 Å². The van der Waals surface area contributed by atoms with Gasteiger partial charge in [0.15, 0.2) is 30.5 Å². The summed E-state index contributed by atoms with van der Waals surface area (Å²) in [5, 5.41) is 10.5. The number of hydrogen-bond donors (Lipinski definition) is 2. The summed E-state index contributed by atoms with van der Waals surface area (Å²) in [5.74, 6) is -6.98. The molecule has 3 rings (SSSR count). The van der Waals surface area contributed by atoms with Crippen molar-refractivity contribution < 1.29 is 84.7 Å². The lowest BCUT2D eigenvalue weighted by Gasteiger charge is -2.28. The number of ether oxygens (including phenoxy) is 8. The van der Waals surface area contributed by atoms with E-state index in [1.54, 1.807) is 4.72 Å². The molecule has 6 atom stereocenters. The fourth-order valence-electron chi connectivity index (χ4n) is 5.07. The maximum absolute atomic E-state index is 13.1. The molecule has 2 aromatic heterocycles. The smallest absolute Gasteiger partial charge is 0.347 e. The summed E-state index contributed by atoms with van der Waals surface area (Å²) in [6.07, 6.45) is -9.79. The molecular weight excluding hydrogens is 939 g/mol. The number of Topliss-reactive ketones (excluding diaryl/α,β-unsaturated/α-hetero) is 1. The van der Waals surface area contributed by atoms with E-state index in [0.717, 1.165) is 39.4 Å². The van der Waals surface area contributed by atoms with Gasteiger partial charge in [0.2, 0.25) is 11.7 Å². The summed E-state index contributed by atoms with van der Waals surface area (Å²) in [6, 6.07) is 0. The van der Waals surface area contributed by atoms with E-state index in [2.05, 4.69) is 24.3 Å². The second-order valence-electron chi connectivity index (χ2n) is 15.7. The molecule has 0 aromatic carbocycles. The highest BCUT2D eigenvalue weighted by Crippen LogP contribution is 2.26. The number of nitrogens with zero attached hydrogens (tertiary/aromatic N) is 5. The summed E-state index contributed by atoms with van der Waals surface area (Å²) < 4.78 is 76.8. The summed E-state index contributed by atoms with van der Waals surface area (Å²) >= 11 is 1.59. The Labute approximate surface area is 388 Å². The molecule has 1 aliphatic rings. The van der Waals surface area contributed by atoms with E-state index in [4.69, 9.17) is 37.9 Å². The number of esters is 6. The zero-order valence-corrected chi connectivity index (χ0v) is 40.3. The van der Waals surface area contributed by atoms with Crippen molar-refractivity contribution in [1.29, 1.82) is 0 Å². The molecule has 6 unspecified atom stereocenters. The molecule has 28 heteroatoms. The van der Waals surface area contributed by atoms with Crippen molar-refractivity contribution in [3.8, 4) is 5.88 Å². The molecule has 1 aliphatic heterocycles. The number of aromatic nitrogens is 4. The van der Waals surface area contributed by atoms with Crippen LogP contribution in [0.15, 0.2) is 4.34 Å². The van der Waals surface area contributed by atoms with E-state index >= 15 is 0 Å². The molecule has 0 spiro atoms. The third-order valence-corrected chi connectivity index (χ3v) is 11.7. The predicted octanol–water partition coefficient (Wildman–Crippen LogP) is 0.370. The Morgan fingerprint density at radius 2 is 1.26 bits per heavy atom. The van der Waals surface area contributed by atoms with Crippen LogP contribution in [0.2, 0.25) is 0 Å². The Morgan fingerprint density at radius 3 is 1.77 bits per heavy atom. The number of hydrogen-bond acceptors (Lipinski definition) is 26. The van der Waals surface area contributed by atoms with Crippen LogP contribution in [-0.2, 0) is 88.0 Å². The molecule has 3 heterocycles. The minimum Gasteiger partial charge on any atom is -0.470 e. The molecule has 368 valence electrons. The van der Waals surface area contributed by atoms with Gasteiger partial charge in [-0.25, -0.2) is 28.7 Å². The Balaban J connectivity index is 1.39. The van der Waals surface area contributed by atoms with Crippen LogP contribution in [0.5, 0.6) is 5.88 Å². The van der Waals surface area contributed by atoms with E-state index in [1.165, 1.54) is 13.8 Å². The number of ketones is 1. The van der Waals surface area contributed by atoms with E-state index < -0.39 is 106 Å². The first kappa shape index (κ1) is 54.9. The van der Waals surface area contributed by atoms with Crippen molar-refractivity contribution in [3.63, 3.8) is 0 Å². The van der Waals surface area contributed by atoms with Crippen LogP contribution in [0.4, 0.5) is 5.82 Å². The zero-order chi connectivity index (χ0) is 49.4. The number of carbonyl (C=O) groups excluding carboxylic acids is 8. The van der Waals surface area contributed by atoms with Crippen LogP contribution in [0.1, 0.15) is 86.6 Å². The second kappa shape index (κ2) is 25.5. The predicted molar refractivity (Wildman–Crippen MR) is 227 cm³/mol. The van der Waals surface area contributed by atoms with Crippen LogP contribution >= 0.6 is 23.1 Å². The normalized spacial score (nSPS) is 15.7. The molecule has 1 fully saturated rings. The first-order valence-corrected chi connectivity index (χ1v) is 23.5. The fraction of sp³-hybridized carbons (Fsp3) is 0.684. The lowest BCUT2D eigenvalue weighted by atomic mass is 10.1. The van der Waals surface area contributed by atoms with Gasteiger partial charge in [-0.1, -0.05) is 11.3 Å². The number of rotatable bonds is 25. The molecule has 1 amide bonds. The molecule has 0 bridgehead atoms. The number of carbonyl (C=O) groups is 8. The van der Waals surface area contributed by atoms with Gasteiger partial charge in [-0.05, 0) is 68.7 Å². The van der Waals surface area contributed by atoms with E-state index in [9.17, 15) is 46.8 Å². The average molecular weight is 994 g/mol. The van der Waals surface area contributed by atoms with Gasteiger partial charge in [0, 0.05) is 38.0 Å². The van der Waals surface area contributed by atoms with E-state index in [0.29, 0.717) is 43.5 Å². The van der Waals surface area contributed by atoms with Crippen molar-refractivity contribution in [2.24, 2.45) is 0 Å². The van der Waals surface area contributed by atoms with Gasteiger partial charge in [-0.2, -0.15) is 12.8 Å². The number of nitrogens with one attached hydrogen (secondary N) is 2. The van der Waals surface area contributed by atoms with Crippen molar-refractivity contribution in [2.75, 3.05) is 44.4 Å². The molecule has 25 nitrogen and oxygen atoms in total. The van der Waals surface area contributed by atoms with Gasteiger partial charge in [-0.3, -0.25) is 14.4 Å². The van der Waals surface area contributed by atoms with E-state index in [-0.39, 0.29) is 48.2 Å². The Bertz CT molecular complexity index is 2140. The van der Waals surface area contributed by atoms with Gasteiger partial charge in [0.25, 0.3) is 20.2 Å². The highest BCUT2D eigenvalue weighted by molar-refractivity contribution is 7.92. The number of sulfonamides is 1. The molecule has 0 aliphatic carbocycles. The van der Waals surface area contributed by atoms with Gasteiger partial charge in [0.05, 0.1) is 31.4 Å². The topological polar surface area (TPSA) is 323 Å². The summed E-state index contributed by atoms with van der Waals surface area (Å²) in [5.41, 5.74) is -0.356. The monoisotopic (exact) mass is 993 g/mol. The molecule has 1 saturated heterocycles. The fourth-order valence-corrected chi connectivity index (χ4v) is 7.72. The van der Waals surface area contributed by atoms with Gasteiger partial charge >= 0.3 is 35.8 Å². The first-order chi connectivity index (χ1) is 30.8. The molecule has 66 heavy (non-hydrogen) atoms. The van der Waals surface area contributed by atoms with Crippen LogP contribution < -0.4 is 19.7 Å². The quantitative estimate of drug-likeness (QED) is 0.100. The molecule has 2 aromatic rings. The highest BCUT2D eigenvalue weighted by Gasteiger charge is 2.33. The first-order valence-electron chi connectivity index (χ1n) is 20.5. The average Bonchev–Trinajstić information content (AvgIpc) is 3.91. The summed E-state index contributed by atoms with van der Waals surface area (Å²) in [6.45, 7) is 15.1. The van der Waals surface area contributed by atoms with Gasteiger partial charge in [0.1, 0.15) is 23.5 Å². The highest BCUT2D eigenvalue weighted by atomic mass is 32.2. The molecular formula is C38H55N7O18S3. The standard InChI is InChI=1S/C38H55N7O18S3/c1-20(46)17-28-40-41-37(64-28)66(54,55)44-27(47)11-10-12-29(48)58-21(2)32(49)59-22(3)33(50)60-23(4)34(51)61-24(5)35(52)62-25(6)36(53)63-26(18-39-38(7,8)9)19-57-31-30(42-65-43-31)45-13-15-56-16-14-45/h21-26,39H,10-19H2,1-9H3,(H,44,47). The van der Waals surface area contributed by atoms with Gasteiger partial charge in [-0.15, -0.1) is 14.6 Å². The van der Waals surface area contributed by atoms with Crippen LogP contribution in [0.3, 0.4) is 0 Å². The minimum atomic E-state index is -4.37. The lowest BCUT2D eigenvalue weighted by Crippen LogP contribution is -2.45. The lowest BCUT2D eigenvalue weighted by molar-refractivity contribution is -0.187. The second-order valence-corrected chi connectivity index (χ2v) is 19.1. The third-order valence-electron chi connectivity index (χ3n) is 8.55. The Hall–Kier alpha value is -5.45. The maximum atomic E-state index is 13.1. The Kier molecular flexibility index (Phi) is 21.2. The van der Waals surface area contributed by atoms with Gasteiger partial charge < -0.3 is 48.1 Å². The van der Waals surface area contributed by atoms with Crippen molar-refractivity contribution in [3.05, 3.63) is 5.01 Å². The SMILES string of the molecule is CC(=O)Cc1nnc(S(=O)(=O)NC(=O)CCCC(=O)OC(C)C(=O)OC(C)C(=O)OC(C)C(=O)OC(C)C(=O)OC(C)C(=O)OC(CNC(C)(C)C)COc2nsnc2N2CCOCC2)s1. The zero-order valence-electron chi connectivity index (χ0n) is 37.8. The van der Waals surface area contributed by atoms with Crippen molar-refractivity contribution in [1.82, 2.24) is 29.0 Å². The molecule has 2 N–H and O–H groups in total. The number of anilines is 1. The maximum Gasteiger partial charge on any atom is 0.347 e. The molecule has 0 saturated carbocycles. The van der Waals surface area contributed by atoms with Crippen LogP contribution in [0, 0.1) is 0 Å². The van der Waals surface area contributed by atoms with Crippen LogP contribution in [0.25, 0.3) is 0 Å². The summed E-state index contributed by atoms with van der Waals surface area (Å²) in [7, 11) is -4.37. The summed E-state index contributed by atoms with van der Waals surface area (Å²) in [4.78, 5) is 101. The van der Waals surface area contributed by atoms with Crippen molar-refractivity contribution in [2.45, 2.75) is 134 Å². The number of amides is 1. The van der Waals surface area contributed by atoms with E-state index in [1.807, 2.05) is 25.7 Å².